The van der Waals surface area contributed by atoms with Gasteiger partial charge in [0, 0.05) is 0 Å². The highest BCUT2D eigenvalue weighted by atomic mass is 32.2. The Morgan fingerprint density at radius 3 is 2.60 bits per heavy atom. The molecule has 0 fully saturated rings. The lowest BCUT2D eigenvalue weighted by Crippen LogP contribution is -2.16. The molecule has 3 rings (SSSR count). The van der Waals surface area contributed by atoms with E-state index >= 15 is 0 Å². The summed E-state index contributed by atoms with van der Waals surface area (Å²) in [5.41, 5.74) is 1.99. The predicted molar refractivity (Wildman–Crippen MR) is 97.2 cm³/mol. The molecule has 3 aromatic rings. The first-order valence-corrected chi connectivity index (χ1v) is 9.82. The van der Waals surface area contributed by atoms with E-state index < -0.39 is 15.8 Å². The van der Waals surface area contributed by atoms with Gasteiger partial charge in [-0.2, -0.15) is 8.42 Å². The van der Waals surface area contributed by atoms with Crippen LogP contribution in [0.2, 0.25) is 0 Å². The van der Waals surface area contributed by atoms with Crippen molar-refractivity contribution in [3.8, 4) is 12.3 Å². The number of aromatic nitrogens is 1. The molecule has 0 saturated heterocycles. The Bertz CT molecular complexity index is 1130. The second kappa shape index (κ2) is 6.82. The number of fused-ring (bicyclic) bond motifs is 1. The molecule has 0 aliphatic heterocycles. The maximum Gasteiger partial charge on any atom is 0.285 e. The van der Waals surface area contributed by atoms with Crippen LogP contribution in [0.3, 0.4) is 0 Å². The average molecular weight is 374 g/mol. The summed E-state index contributed by atoms with van der Waals surface area (Å²) in [5, 5.41) is 0. The van der Waals surface area contributed by atoms with Crippen molar-refractivity contribution in [2.24, 2.45) is 4.40 Å². The highest BCUT2D eigenvalue weighted by molar-refractivity contribution is 7.90. The summed E-state index contributed by atoms with van der Waals surface area (Å²) in [6, 6.07) is 10.5. The number of rotatable bonds is 4. The summed E-state index contributed by atoms with van der Waals surface area (Å²) in [6.07, 6.45) is 6.31. The number of aryl methyl sites for hydroxylation is 1. The summed E-state index contributed by atoms with van der Waals surface area (Å²) >= 11 is 1.27. The van der Waals surface area contributed by atoms with E-state index in [9.17, 15) is 12.8 Å². The molecule has 0 aliphatic carbocycles. The summed E-state index contributed by atoms with van der Waals surface area (Å²) in [4.78, 5) is 0.235. The minimum Gasteiger partial charge on any atom is -0.304 e. The van der Waals surface area contributed by atoms with Crippen LogP contribution in [-0.2, 0) is 23.0 Å². The molecule has 0 saturated carbocycles. The van der Waals surface area contributed by atoms with E-state index in [1.165, 1.54) is 23.5 Å². The molecule has 0 atom stereocenters. The molecule has 4 nitrogen and oxygen atoms in total. The van der Waals surface area contributed by atoms with Gasteiger partial charge >= 0.3 is 0 Å². The molecule has 0 radical (unpaired) electrons. The first kappa shape index (κ1) is 17.4. The monoisotopic (exact) mass is 374 g/mol. The summed E-state index contributed by atoms with van der Waals surface area (Å²) < 4.78 is 44.6. The molecule has 0 unspecified atom stereocenters. The second-order valence-corrected chi connectivity index (χ2v) is 7.96. The van der Waals surface area contributed by atoms with Crippen molar-refractivity contribution in [2.45, 2.75) is 24.8 Å². The van der Waals surface area contributed by atoms with E-state index in [1.54, 1.807) is 4.57 Å². The Hall–Kier alpha value is -2.43. The van der Waals surface area contributed by atoms with Gasteiger partial charge in [-0.05, 0) is 48.4 Å². The third-order valence-corrected chi connectivity index (χ3v) is 6.15. The summed E-state index contributed by atoms with van der Waals surface area (Å²) in [6.45, 7) is 2.26. The average Bonchev–Trinajstić information content (AvgIpc) is 2.91. The summed E-state index contributed by atoms with van der Waals surface area (Å²) in [7, 11) is -3.95. The van der Waals surface area contributed by atoms with Gasteiger partial charge in [0.15, 0.2) is 0 Å². The SMILES string of the molecule is C#CCn1/c(=N/S(=O)(=O)c2ccc(F)cc2)sc2cc(CC)ccc21. The number of benzene rings is 2. The van der Waals surface area contributed by atoms with E-state index in [2.05, 4.69) is 17.2 Å². The lowest BCUT2D eigenvalue weighted by molar-refractivity contribution is 0.594. The van der Waals surface area contributed by atoms with Gasteiger partial charge in [-0.25, -0.2) is 4.39 Å². The third-order valence-electron chi connectivity index (χ3n) is 3.71. The van der Waals surface area contributed by atoms with Crippen molar-refractivity contribution >= 4 is 31.6 Å². The lowest BCUT2D eigenvalue weighted by atomic mass is 10.2. The van der Waals surface area contributed by atoms with Gasteiger partial charge in [-0.3, -0.25) is 0 Å². The Labute approximate surface area is 149 Å². The molecular formula is C18H15FN2O2S2. The van der Waals surface area contributed by atoms with Gasteiger partial charge in [-0.1, -0.05) is 30.2 Å². The standard InChI is InChI=1S/C18H15FN2O2S2/c1-3-11-21-16-10-5-13(4-2)12-17(16)24-18(21)20-25(22,23)15-8-6-14(19)7-9-15/h1,5-10,12H,4,11H2,2H3/b20-18-. The number of terminal acetylenes is 1. The molecular weight excluding hydrogens is 359 g/mol. The van der Waals surface area contributed by atoms with Crippen LogP contribution < -0.4 is 4.80 Å². The minimum atomic E-state index is -3.95. The largest absolute Gasteiger partial charge is 0.304 e. The van der Waals surface area contributed by atoms with Gasteiger partial charge in [0.1, 0.15) is 5.82 Å². The van der Waals surface area contributed by atoms with Crippen LogP contribution in [0, 0.1) is 18.2 Å². The van der Waals surface area contributed by atoms with Crippen molar-refractivity contribution in [1.29, 1.82) is 0 Å². The Morgan fingerprint density at radius 2 is 1.96 bits per heavy atom. The van der Waals surface area contributed by atoms with Crippen LogP contribution >= 0.6 is 11.3 Å². The number of sulfonamides is 1. The predicted octanol–water partition coefficient (Wildman–Crippen LogP) is 3.33. The van der Waals surface area contributed by atoms with Crippen LogP contribution in [0.1, 0.15) is 12.5 Å². The Balaban J connectivity index is 2.22. The smallest absolute Gasteiger partial charge is 0.285 e. The van der Waals surface area contributed by atoms with Gasteiger partial charge in [0.05, 0.1) is 21.7 Å². The zero-order valence-electron chi connectivity index (χ0n) is 13.4. The highest BCUT2D eigenvalue weighted by Gasteiger charge is 2.15. The molecule has 7 heteroatoms. The van der Waals surface area contributed by atoms with Crippen LogP contribution in [0.5, 0.6) is 0 Å². The van der Waals surface area contributed by atoms with Crippen LogP contribution in [-0.4, -0.2) is 13.0 Å². The molecule has 25 heavy (non-hydrogen) atoms. The third kappa shape index (κ3) is 3.50. The molecule has 1 aromatic heterocycles. The normalized spacial score (nSPS) is 12.4. The van der Waals surface area contributed by atoms with Crippen LogP contribution in [0.4, 0.5) is 4.39 Å². The van der Waals surface area contributed by atoms with Gasteiger partial charge < -0.3 is 4.57 Å². The molecule has 2 aromatic carbocycles. The number of thiazole rings is 1. The zero-order valence-corrected chi connectivity index (χ0v) is 15.1. The molecule has 128 valence electrons. The van der Waals surface area contributed by atoms with E-state index in [0.29, 0.717) is 4.80 Å². The maximum atomic E-state index is 13.0. The van der Waals surface area contributed by atoms with Crippen molar-refractivity contribution < 1.29 is 12.8 Å². The van der Waals surface area contributed by atoms with Crippen molar-refractivity contribution in [1.82, 2.24) is 4.57 Å². The van der Waals surface area contributed by atoms with Gasteiger partial charge in [0.25, 0.3) is 10.0 Å². The van der Waals surface area contributed by atoms with Crippen LogP contribution in [0.25, 0.3) is 10.2 Å². The fraction of sp³-hybridized carbons (Fsp3) is 0.167. The fourth-order valence-electron chi connectivity index (χ4n) is 2.41. The second-order valence-electron chi connectivity index (χ2n) is 5.35. The molecule has 0 aliphatic rings. The van der Waals surface area contributed by atoms with Crippen LogP contribution in [0.15, 0.2) is 51.8 Å². The number of hydrogen-bond acceptors (Lipinski definition) is 3. The van der Waals surface area contributed by atoms with Crippen molar-refractivity contribution in [2.75, 3.05) is 0 Å². The maximum absolute atomic E-state index is 13.0. The van der Waals surface area contributed by atoms with E-state index in [-0.39, 0.29) is 11.4 Å². The zero-order chi connectivity index (χ0) is 18.0. The van der Waals surface area contributed by atoms with E-state index in [1.807, 2.05) is 18.2 Å². The fourth-order valence-corrected chi connectivity index (χ4v) is 4.71. The van der Waals surface area contributed by atoms with Gasteiger partial charge in [0.2, 0.25) is 4.80 Å². The molecule has 0 amide bonds. The van der Waals surface area contributed by atoms with E-state index in [0.717, 1.165) is 34.3 Å². The first-order valence-electron chi connectivity index (χ1n) is 7.57. The van der Waals surface area contributed by atoms with Crippen molar-refractivity contribution in [3.05, 3.63) is 58.6 Å². The molecule has 1 heterocycles. The minimum absolute atomic E-state index is 0.0622. The Morgan fingerprint density at radius 1 is 1.24 bits per heavy atom. The number of halogens is 1. The molecule has 0 bridgehead atoms. The summed E-state index contributed by atoms with van der Waals surface area (Å²) in [5.74, 6) is 2.03. The number of nitrogens with zero attached hydrogens (tertiary/aromatic N) is 2. The quantitative estimate of drug-likeness (QED) is 0.658. The topological polar surface area (TPSA) is 51.4 Å². The lowest BCUT2D eigenvalue weighted by Gasteiger charge is -2.01. The molecule has 0 spiro atoms. The Kier molecular flexibility index (Phi) is 4.75. The molecule has 0 N–H and O–H groups in total. The first-order chi connectivity index (χ1) is 11.9. The van der Waals surface area contributed by atoms with E-state index in [4.69, 9.17) is 6.42 Å². The number of hydrogen-bond donors (Lipinski definition) is 0. The van der Waals surface area contributed by atoms with Gasteiger partial charge in [-0.15, -0.1) is 10.8 Å². The highest BCUT2D eigenvalue weighted by Crippen LogP contribution is 2.20. The van der Waals surface area contributed by atoms with Crippen molar-refractivity contribution in [3.63, 3.8) is 0 Å².